The van der Waals surface area contributed by atoms with Crippen molar-refractivity contribution in [2.45, 2.75) is 75.5 Å². The molecule has 3 unspecified atom stereocenters. The first-order valence-electron chi connectivity index (χ1n) is 14.3. The van der Waals surface area contributed by atoms with E-state index in [-0.39, 0.29) is 17.5 Å². The Hall–Kier alpha value is -2.12. The molecule has 2 aromatic rings. The van der Waals surface area contributed by atoms with Gasteiger partial charge in [0.25, 0.3) is 0 Å². The highest BCUT2D eigenvalue weighted by Gasteiger charge is 2.41. The molecule has 2 saturated carbocycles. The van der Waals surface area contributed by atoms with Gasteiger partial charge in [-0.3, -0.25) is 4.99 Å². The number of rotatable bonds is 8. The molecule has 0 aromatic heterocycles. The number of hydrogen-bond acceptors (Lipinski definition) is 5. The summed E-state index contributed by atoms with van der Waals surface area (Å²) < 4.78 is 44.7. The van der Waals surface area contributed by atoms with Crippen molar-refractivity contribution >= 4 is 26.6 Å². The molecule has 1 aliphatic heterocycles. The van der Waals surface area contributed by atoms with Gasteiger partial charge in [0.15, 0.2) is 9.84 Å². The van der Waals surface area contributed by atoms with E-state index >= 15 is 0 Å². The van der Waals surface area contributed by atoms with Crippen molar-refractivity contribution in [2.24, 2.45) is 22.2 Å². The maximum atomic E-state index is 13.3. The molecule has 210 valence electrons. The number of thioether (sulfide) groups is 1. The van der Waals surface area contributed by atoms with Gasteiger partial charge in [-0.15, -0.1) is 11.8 Å². The Bertz CT molecular complexity index is 1290. The summed E-state index contributed by atoms with van der Waals surface area (Å²) in [6.45, 7) is 0. The number of sulfone groups is 1. The summed E-state index contributed by atoms with van der Waals surface area (Å²) in [6.07, 6.45) is 14.3. The van der Waals surface area contributed by atoms with Crippen LogP contribution >= 0.6 is 11.8 Å². The molecule has 0 amide bonds. The summed E-state index contributed by atoms with van der Waals surface area (Å²) >= 11 is 1.90. The molecule has 2 aliphatic carbocycles. The Balaban J connectivity index is 1.16. The summed E-state index contributed by atoms with van der Waals surface area (Å²) in [5.74, 6) is 2.67. The topological polar surface area (TPSA) is 55.7 Å². The molecule has 3 atom stereocenters. The van der Waals surface area contributed by atoms with Crippen molar-refractivity contribution in [1.82, 2.24) is 0 Å². The molecule has 4 nitrogen and oxygen atoms in total. The minimum absolute atomic E-state index is 0.202. The molecule has 5 rings (SSSR count). The van der Waals surface area contributed by atoms with Crippen molar-refractivity contribution in [2.75, 3.05) is 18.6 Å². The lowest BCUT2D eigenvalue weighted by Gasteiger charge is -2.28. The van der Waals surface area contributed by atoms with Gasteiger partial charge in [-0.1, -0.05) is 24.6 Å². The molecule has 1 spiro atoms. The van der Waals surface area contributed by atoms with Crippen LogP contribution in [0.5, 0.6) is 5.75 Å². The van der Waals surface area contributed by atoms with Gasteiger partial charge in [-0.2, -0.15) is 0 Å². The first kappa shape index (κ1) is 28.4. The van der Waals surface area contributed by atoms with Crippen LogP contribution in [0.15, 0.2) is 70.2 Å². The number of aliphatic imine (C=N–C) groups is 1. The number of ether oxygens (including phenoxy) is 1. The largest absolute Gasteiger partial charge is 0.497 e. The van der Waals surface area contributed by atoms with Crippen molar-refractivity contribution in [3.8, 4) is 5.75 Å². The Labute approximate surface area is 237 Å². The molecule has 0 N–H and O–H groups in total. The molecule has 0 saturated heterocycles. The van der Waals surface area contributed by atoms with E-state index < -0.39 is 9.84 Å². The molecular weight excluding hydrogens is 529 g/mol. The van der Waals surface area contributed by atoms with E-state index in [0.717, 1.165) is 62.0 Å². The van der Waals surface area contributed by atoms with Crippen LogP contribution < -0.4 is 4.74 Å². The summed E-state index contributed by atoms with van der Waals surface area (Å²) in [6, 6.07) is 13.5. The van der Waals surface area contributed by atoms with Crippen LogP contribution in [0.3, 0.4) is 0 Å². The lowest BCUT2D eigenvalue weighted by atomic mass is 9.78. The molecule has 39 heavy (non-hydrogen) atoms. The van der Waals surface area contributed by atoms with Crippen molar-refractivity contribution in [3.63, 3.8) is 0 Å². The van der Waals surface area contributed by atoms with Crippen molar-refractivity contribution in [3.05, 3.63) is 71.7 Å². The zero-order valence-corrected chi connectivity index (χ0v) is 24.5. The molecule has 0 bridgehead atoms. The third kappa shape index (κ3) is 7.55. The first-order valence-corrected chi connectivity index (χ1v) is 17.0. The number of methoxy groups -OCH3 is 1. The third-order valence-electron chi connectivity index (χ3n) is 8.88. The highest BCUT2D eigenvalue weighted by atomic mass is 32.2. The number of halogens is 1. The van der Waals surface area contributed by atoms with E-state index in [1.54, 1.807) is 31.4 Å². The number of allylic oxidation sites excluding steroid dienone is 2. The normalized spacial score (nSPS) is 26.0. The second kappa shape index (κ2) is 12.6. The molecule has 7 heteroatoms. The van der Waals surface area contributed by atoms with Crippen molar-refractivity contribution in [1.29, 1.82) is 0 Å². The van der Waals surface area contributed by atoms with Crippen LogP contribution in [0.2, 0.25) is 0 Å². The Morgan fingerprint density at radius 2 is 1.74 bits per heavy atom. The van der Waals surface area contributed by atoms with Crippen LogP contribution in [0, 0.1) is 23.1 Å². The van der Waals surface area contributed by atoms with Gasteiger partial charge in [0.05, 0.1) is 22.8 Å². The van der Waals surface area contributed by atoms with E-state index in [0.29, 0.717) is 22.0 Å². The van der Waals surface area contributed by atoms with E-state index in [1.807, 2.05) is 23.9 Å². The van der Waals surface area contributed by atoms with Crippen LogP contribution in [-0.2, 0) is 16.3 Å². The van der Waals surface area contributed by atoms with Gasteiger partial charge < -0.3 is 4.74 Å². The predicted molar refractivity (Wildman–Crippen MR) is 159 cm³/mol. The smallest absolute Gasteiger partial charge is 0.178 e. The summed E-state index contributed by atoms with van der Waals surface area (Å²) in [4.78, 5) is 5.47. The van der Waals surface area contributed by atoms with Crippen LogP contribution in [0.25, 0.3) is 0 Å². The Morgan fingerprint density at radius 1 is 1.00 bits per heavy atom. The molecule has 2 aromatic carbocycles. The van der Waals surface area contributed by atoms with Gasteiger partial charge in [-0.05, 0) is 117 Å². The Kier molecular flexibility index (Phi) is 9.17. The fraction of sp³-hybridized carbons (Fsp3) is 0.531. The first-order chi connectivity index (χ1) is 18.8. The van der Waals surface area contributed by atoms with Crippen LogP contribution in [0.4, 0.5) is 4.39 Å². The lowest BCUT2D eigenvalue weighted by Crippen LogP contribution is -2.18. The SMILES string of the molecule is COc1ccc(S(=O)(=O)CC2CCCC3(CCC(CC4=NC(Cc5ccc(F)cc5)=CCCS4)C3)CC2)cc1. The van der Waals surface area contributed by atoms with Gasteiger partial charge in [-0.25, -0.2) is 12.8 Å². The average Bonchev–Trinajstić information content (AvgIpc) is 3.06. The molecule has 3 aliphatic rings. The van der Waals surface area contributed by atoms with E-state index in [2.05, 4.69) is 6.08 Å². The number of benzene rings is 2. The third-order valence-corrected chi connectivity index (χ3v) is 11.8. The molecule has 0 radical (unpaired) electrons. The fourth-order valence-electron chi connectivity index (χ4n) is 6.77. The molecule has 2 fully saturated rings. The Morgan fingerprint density at radius 3 is 2.49 bits per heavy atom. The second-order valence-corrected chi connectivity index (χ2v) is 14.9. The van der Waals surface area contributed by atoms with E-state index in [9.17, 15) is 12.8 Å². The average molecular weight is 570 g/mol. The number of hydrogen-bond donors (Lipinski definition) is 0. The highest BCUT2D eigenvalue weighted by Crippen LogP contribution is 2.52. The predicted octanol–water partition coefficient (Wildman–Crippen LogP) is 8.03. The van der Waals surface area contributed by atoms with Crippen LogP contribution in [-0.4, -0.2) is 32.1 Å². The standard InChI is InChI=1S/C32H40FNO3S2/c1-37-29-10-12-30(13-11-29)39(35,36)23-25-4-2-16-32(17-14-25)18-15-26(22-32)21-31-34-28(5-3-19-38-31)20-24-6-8-27(33)9-7-24/h5-13,25-26H,2-4,14-23H2,1H3. The summed E-state index contributed by atoms with van der Waals surface area (Å²) in [5, 5.41) is 1.25. The molecule has 1 heterocycles. The quantitative estimate of drug-likeness (QED) is 0.323. The number of nitrogens with zero attached hydrogens (tertiary/aromatic N) is 1. The minimum atomic E-state index is -3.30. The second-order valence-electron chi connectivity index (χ2n) is 11.7. The van der Waals surface area contributed by atoms with Gasteiger partial charge in [0.2, 0.25) is 0 Å². The van der Waals surface area contributed by atoms with Crippen molar-refractivity contribution < 1.29 is 17.5 Å². The highest BCUT2D eigenvalue weighted by molar-refractivity contribution is 8.13. The minimum Gasteiger partial charge on any atom is -0.497 e. The fourth-order valence-corrected chi connectivity index (χ4v) is 9.48. The zero-order chi connectivity index (χ0) is 27.3. The summed E-state index contributed by atoms with van der Waals surface area (Å²) in [7, 11) is -1.71. The zero-order valence-electron chi connectivity index (χ0n) is 22.9. The van der Waals surface area contributed by atoms with Gasteiger partial charge in [0, 0.05) is 17.9 Å². The summed E-state index contributed by atoms with van der Waals surface area (Å²) in [5.41, 5.74) is 2.57. The van der Waals surface area contributed by atoms with Gasteiger partial charge >= 0.3 is 0 Å². The van der Waals surface area contributed by atoms with E-state index in [4.69, 9.17) is 9.73 Å². The monoisotopic (exact) mass is 569 g/mol. The maximum absolute atomic E-state index is 13.3. The maximum Gasteiger partial charge on any atom is 0.178 e. The lowest BCUT2D eigenvalue weighted by molar-refractivity contribution is 0.240. The van der Waals surface area contributed by atoms with Crippen LogP contribution in [0.1, 0.15) is 69.8 Å². The molecular formula is C32H40FNO3S2. The van der Waals surface area contributed by atoms with E-state index in [1.165, 1.54) is 42.9 Å². The van der Waals surface area contributed by atoms with Gasteiger partial charge in [0.1, 0.15) is 11.6 Å².